The zero-order chi connectivity index (χ0) is 17.1. The van der Waals surface area contributed by atoms with Gasteiger partial charge in [0.2, 0.25) is 11.8 Å². The Balaban J connectivity index is 1.61. The van der Waals surface area contributed by atoms with E-state index in [1.807, 2.05) is 19.2 Å². The second-order valence-corrected chi connectivity index (χ2v) is 5.99. The number of hydrogen-bond donors (Lipinski definition) is 1. The molecule has 126 valence electrons. The van der Waals surface area contributed by atoms with Gasteiger partial charge in [0, 0.05) is 31.4 Å². The molecule has 0 aliphatic carbocycles. The molecule has 2 amide bonds. The standard InChI is InChI=1S/C17H19FN4O2/c1-12(10-21-8-4-7-19-21)20-17(24)13-9-16(23)22(11-13)15-6-3-2-5-14(15)18/h2-8,12-13H,9-11H2,1H3,(H,20,24)/t12-,13+/m1/s1. The molecule has 7 heteroatoms. The summed E-state index contributed by atoms with van der Waals surface area (Å²) in [7, 11) is 0. The van der Waals surface area contributed by atoms with Crippen molar-refractivity contribution in [2.45, 2.75) is 25.9 Å². The Morgan fingerprint density at radius 2 is 2.21 bits per heavy atom. The van der Waals surface area contributed by atoms with Gasteiger partial charge in [-0.1, -0.05) is 12.1 Å². The number of benzene rings is 1. The monoisotopic (exact) mass is 330 g/mol. The van der Waals surface area contributed by atoms with E-state index < -0.39 is 11.7 Å². The van der Waals surface area contributed by atoms with Gasteiger partial charge in [0.1, 0.15) is 5.82 Å². The van der Waals surface area contributed by atoms with E-state index in [-0.39, 0.29) is 36.5 Å². The number of rotatable bonds is 5. The molecule has 1 aromatic carbocycles. The predicted octanol–water partition coefficient (Wildman–Crippen LogP) is 1.58. The molecule has 1 aromatic heterocycles. The maximum atomic E-state index is 13.9. The molecule has 0 spiro atoms. The molecule has 1 aliphatic heterocycles. The fourth-order valence-electron chi connectivity index (χ4n) is 2.88. The molecule has 2 aromatic rings. The smallest absolute Gasteiger partial charge is 0.227 e. The molecule has 0 bridgehead atoms. The lowest BCUT2D eigenvalue weighted by Gasteiger charge is -2.19. The Bertz CT molecular complexity index is 732. The minimum atomic E-state index is -0.475. The van der Waals surface area contributed by atoms with E-state index in [4.69, 9.17) is 0 Å². The summed E-state index contributed by atoms with van der Waals surface area (Å²) in [5, 5.41) is 6.99. The third-order valence-corrected chi connectivity index (χ3v) is 4.05. The lowest BCUT2D eigenvalue weighted by Crippen LogP contribution is -2.40. The number of carbonyl (C=O) groups excluding carboxylic acids is 2. The van der Waals surface area contributed by atoms with Crippen LogP contribution in [0.15, 0.2) is 42.7 Å². The number of nitrogens with zero attached hydrogens (tertiary/aromatic N) is 3. The van der Waals surface area contributed by atoms with Crippen LogP contribution in [0.1, 0.15) is 13.3 Å². The lowest BCUT2D eigenvalue weighted by molar-refractivity contribution is -0.126. The molecule has 3 rings (SSSR count). The number of halogens is 1. The zero-order valence-electron chi connectivity index (χ0n) is 13.4. The summed E-state index contributed by atoms with van der Waals surface area (Å²) in [5.41, 5.74) is 0.224. The first-order valence-corrected chi connectivity index (χ1v) is 7.87. The van der Waals surface area contributed by atoms with Gasteiger partial charge < -0.3 is 10.2 Å². The summed E-state index contributed by atoms with van der Waals surface area (Å²) < 4.78 is 15.6. The first kappa shape index (κ1) is 16.2. The largest absolute Gasteiger partial charge is 0.351 e. The molecule has 0 unspecified atom stereocenters. The maximum Gasteiger partial charge on any atom is 0.227 e. The molecular formula is C17H19FN4O2. The van der Waals surface area contributed by atoms with Crippen LogP contribution < -0.4 is 10.2 Å². The molecule has 2 heterocycles. The van der Waals surface area contributed by atoms with Crippen LogP contribution >= 0.6 is 0 Å². The van der Waals surface area contributed by atoms with Crippen LogP contribution in [-0.4, -0.2) is 34.2 Å². The fraction of sp³-hybridized carbons (Fsp3) is 0.353. The molecule has 1 aliphatic rings. The molecule has 0 saturated carbocycles. The number of carbonyl (C=O) groups is 2. The second-order valence-electron chi connectivity index (χ2n) is 5.99. The van der Waals surface area contributed by atoms with Crippen molar-refractivity contribution in [3.63, 3.8) is 0 Å². The summed E-state index contributed by atoms with van der Waals surface area (Å²) in [4.78, 5) is 25.9. The van der Waals surface area contributed by atoms with Crippen LogP contribution in [0.4, 0.5) is 10.1 Å². The van der Waals surface area contributed by atoms with E-state index in [0.29, 0.717) is 6.54 Å². The van der Waals surface area contributed by atoms with Gasteiger partial charge in [-0.15, -0.1) is 0 Å². The Morgan fingerprint density at radius 1 is 1.42 bits per heavy atom. The molecule has 6 nitrogen and oxygen atoms in total. The van der Waals surface area contributed by atoms with Crippen molar-refractivity contribution in [3.05, 3.63) is 48.5 Å². The van der Waals surface area contributed by atoms with E-state index in [2.05, 4.69) is 10.4 Å². The average Bonchev–Trinajstić information content (AvgIpc) is 3.17. The average molecular weight is 330 g/mol. The number of aromatic nitrogens is 2. The molecule has 0 radical (unpaired) electrons. The summed E-state index contributed by atoms with van der Waals surface area (Å²) in [6, 6.07) is 7.80. The summed E-state index contributed by atoms with van der Waals surface area (Å²) in [6.45, 7) is 2.63. The van der Waals surface area contributed by atoms with Crippen molar-refractivity contribution < 1.29 is 14.0 Å². The molecule has 2 atom stereocenters. The number of nitrogens with one attached hydrogen (secondary N) is 1. The van der Waals surface area contributed by atoms with Gasteiger partial charge in [0.05, 0.1) is 18.2 Å². The van der Waals surface area contributed by atoms with Crippen LogP contribution in [0.3, 0.4) is 0 Å². The first-order chi connectivity index (χ1) is 11.5. The highest BCUT2D eigenvalue weighted by Gasteiger charge is 2.36. The number of para-hydroxylation sites is 1. The van der Waals surface area contributed by atoms with Crippen LogP contribution in [-0.2, 0) is 16.1 Å². The van der Waals surface area contributed by atoms with E-state index in [0.717, 1.165) is 0 Å². The van der Waals surface area contributed by atoms with Gasteiger partial charge >= 0.3 is 0 Å². The van der Waals surface area contributed by atoms with Crippen LogP contribution in [0.5, 0.6) is 0 Å². The highest BCUT2D eigenvalue weighted by molar-refractivity contribution is 6.00. The highest BCUT2D eigenvalue weighted by atomic mass is 19.1. The quantitative estimate of drug-likeness (QED) is 0.905. The van der Waals surface area contributed by atoms with E-state index in [9.17, 15) is 14.0 Å². The lowest BCUT2D eigenvalue weighted by atomic mass is 10.1. The first-order valence-electron chi connectivity index (χ1n) is 7.87. The molecule has 1 N–H and O–H groups in total. The summed E-state index contributed by atoms with van der Waals surface area (Å²) in [5.74, 6) is -1.36. The van der Waals surface area contributed by atoms with Gasteiger partial charge in [-0.05, 0) is 25.1 Å². The van der Waals surface area contributed by atoms with Crippen molar-refractivity contribution >= 4 is 17.5 Å². The zero-order valence-corrected chi connectivity index (χ0v) is 13.4. The van der Waals surface area contributed by atoms with Crippen molar-refractivity contribution in [1.82, 2.24) is 15.1 Å². The van der Waals surface area contributed by atoms with Gasteiger partial charge in [-0.2, -0.15) is 5.10 Å². The maximum absolute atomic E-state index is 13.9. The van der Waals surface area contributed by atoms with Crippen molar-refractivity contribution in [2.75, 3.05) is 11.4 Å². The Morgan fingerprint density at radius 3 is 2.92 bits per heavy atom. The van der Waals surface area contributed by atoms with E-state index >= 15 is 0 Å². The van der Waals surface area contributed by atoms with Crippen LogP contribution in [0.2, 0.25) is 0 Å². The van der Waals surface area contributed by atoms with Gasteiger partial charge in [0.15, 0.2) is 0 Å². The van der Waals surface area contributed by atoms with Gasteiger partial charge in [-0.3, -0.25) is 14.3 Å². The minimum absolute atomic E-state index is 0.0919. The second kappa shape index (κ2) is 6.82. The fourth-order valence-corrected chi connectivity index (χ4v) is 2.88. The minimum Gasteiger partial charge on any atom is -0.351 e. The van der Waals surface area contributed by atoms with Crippen molar-refractivity contribution in [2.24, 2.45) is 5.92 Å². The normalized spacial score (nSPS) is 18.7. The number of amides is 2. The topological polar surface area (TPSA) is 67.2 Å². The van der Waals surface area contributed by atoms with E-state index in [1.165, 1.54) is 11.0 Å². The van der Waals surface area contributed by atoms with Crippen molar-refractivity contribution in [3.8, 4) is 0 Å². The molecule has 24 heavy (non-hydrogen) atoms. The Kier molecular flexibility index (Phi) is 4.59. The van der Waals surface area contributed by atoms with Crippen LogP contribution in [0.25, 0.3) is 0 Å². The molecular weight excluding hydrogens is 311 g/mol. The highest BCUT2D eigenvalue weighted by Crippen LogP contribution is 2.27. The molecule has 1 fully saturated rings. The SMILES string of the molecule is C[C@H](Cn1cccn1)NC(=O)[C@H]1CC(=O)N(c2ccccc2F)C1. The Hall–Kier alpha value is -2.70. The Labute approximate surface area is 139 Å². The van der Waals surface area contributed by atoms with Crippen LogP contribution in [0, 0.1) is 11.7 Å². The number of hydrogen-bond acceptors (Lipinski definition) is 3. The molecule has 1 saturated heterocycles. The number of anilines is 1. The van der Waals surface area contributed by atoms with Gasteiger partial charge in [-0.25, -0.2) is 4.39 Å². The summed E-state index contributed by atoms with van der Waals surface area (Å²) >= 11 is 0. The van der Waals surface area contributed by atoms with E-state index in [1.54, 1.807) is 29.1 Å². The summed E-state index contributed by atoms with van der Waals surface area (Å²) in [6.07, 6.45) is 3.59. The predicted molar refractivity (Wildman–Crippen MR) is 86.7 cm³/mol. The van der Waals surface area contributed by atoms with Crippen molar-refractivity contribution in [1.29, 1.82) is 0 Å². The van der Waals surface area contributed by atoms with Gasteiger partial charge in [0.25, 0.3) is 0 Å². The third-order valence-electron chi connectivity index (χ3n) is 4.05. The third kappa shape index (κ3) is 3.45.